The van der Waals surface area contributed by atoms with Crippen molar-refractivity contribution in [2.24, 2.45) is 11.8 Å². The van der Waals surface area contributed by atoms with E-state index in [0.717, 1.165) is 28.4 Å². The molecule has 0 rings (SSSR count). The van der Waals surface area contributed by atoms with Crippen LogP contribution in [-0.2, 0) is 41.0 Å². The van der Waals surface area contributed by atoms with Gasteiger partial charge < -0.3 is 4.74 Å². The first kappa shape index (κ1) is 33.1. The maximum atomic E-state index is 13.1. The van der Waals surface area contributed by atoms with Crippen molar-refractivity contribution in [2.45, 2.75) is 39.5 Å². The quantitative estimate of drug-likeness (QED) is 0.163. The third-order valence-corrected chi connectivity index (χ3v) is 6.50. The second kappa shape index (κ2) is 14.9. The molecular formula is C16H34F4O9P2. The van der Waals surface area contributed by atoms with Crippen molar-refractivity contribution >= 4 is 15.6 Å². The van der Waals surface area contributed by atoms with E-state index in [4.69, 9.17) is 9.26 Å². The number of phosphoric ester groups is 2. The van der Waals surface area contributed by atoms with Crippen LogP contribution >= 0.6 is 15.6 Å². The van der Waals surface area contributed by atoms with Crippen LogP contribution in [0.3, 0.4) is 0 Å². The SMILES string of the molecule is COP(=O)(OC)OCC(F)(F)C(C)C.COP(=O)(OC)OCCOCC(F)(F)C(C)C. The highest BCUT2D eigenvalue weighted by atomic mass is 31.2. The van der Waals surface area contributed by atoms with Crippen molar-refractivity contribution in [1.82, 2.24) is 0 Å². The summed E-state index contributed by atoms with van der Waals surface area (Å²) in [6.07, 6.45) is 0. The van der Waals surface area contributed by atoms with E-state index in [2.05, 4.69) is 22.6 Å². The van der Waals surface area contributed by atoms with Crippen LogP contribution in [-0.4, -0.2) is 66.7 Å². The van der Waals surface area contributed by atoms with Crippen molar-refractivity contribution < 1.29 is 58.6 Å². The maximum Gasteiger partial charge on any atom is 0.474 e. The summed E-state index contributed by atoms with van der Waals surface area (Å²) in [5.74, 6) is -7.63. The molecule has 0 unspecified atom stereocenters. The summed E-state index contributed by atoms with van der Waals surface area (Å²) >= 11 is 0. The lowest BCUT2D eigenvalue weighted by Crippen LogP contribution is -2.30. The minimum absolute atomic E-state index is 0.112. The summed E-state index contributed by atoms with van der Waals surface area (Å²) in [5.41, 5.74) is 0. The smallest absolute Gasteiger partial charge is 0.373 e. The molecule has 15 heteroatoms. The summed E-state index contributed by atoms with van der Waals surface area (Å²) in [7, 11) is -2.88. The van der Waals surface area contributed by atoms with Gasteiger partial charge in [0, 0.05) is 40.3 Å². The predicted molar refractivity (Wildman–Crippen MR) is 106 cm³/mol. The molecule has 0 N–H and O–H groups in total. The summed E-state index contributed by atoms with van der Waals surface area (Å²) in [4.78, 5) is 0. The van der Waals surface area contributed by atoms with E-state index in [9.17, 15) is 26.7 Å². The van der Waals surface area contributed by atoms with Crippen molar-refractivity contribution in [3.05, 3.63) is 0 Å². The molecule has 190 valence electrons. The Balaban J connectivity index is 0. The average molecular weight is 508 g/mol. The Kier molecular flexibility index (Phi) is 15.9. The normalized spacial score (nSPS) is 13.5. The van der Waals surface area contributed by atoms with Crippen LogP contribution in [0.25, 0.3) is 0 Å². The third-order valence-electron chi connectivity index (χ3n) is 3.77. The number of hydrogen-bond acceptors (Lipinski definition) is 9. The number of halogens is 4. The van der Waals surface area contributed by atoms with Gasteiger partial charge in [-0.3, -0.25) is 27.1 Å². The molecule has 0 aromatic carbocycles. The first-order valence-electron chi connectivity index (χ1n) is 9.10. The highest BCUT2D eigenvalue weighted by Crippen LogP contribution is 2.49. The Morgan fingerprint density at radius 3 is 1.35 bits per heavy atom. The predicted octanol–water partition coefficient (Wildman–Crippen LogP) is 5.41. The van der Waals surface area contributed by atoms with Gasteiger partial charge >= 0.3 is 15.6 Å². The lowest BCUT2D eigenvalue weighted by atomic mass is 10.1. The van der Waals surface area contributed by atoms with Gasteiger partial charge in [-0.25, -0.2) is 26.7 Å². The summed E-state index contributed by atoms with van der Waals surface area (Å²) < 4.78 is 106. The molecule has 0 aliphatic carbocycles. The van der Waals surface area contributed by atoms with E-state index in [1.165, 1.54) is 27.7 Å². The molecule has 0 saturated carbocycles. The largest absolute Gasteiger partial charge is 0.474 e. The second-order valence-electron chi connectivity index (χ2n) is 6.62. The standard InChI is InChI=1S/C9H19F2O5P.C7H15F2O4P/c1-8(2)9(10,11)7-15-5-6-16-17(12,13-3)14-4;1-6(2)7(8,9)5-13-14(10,11-3)12-4/h8H,5-7H2,1-4H3;6H,5H2,1-4H3. The zero-order valence-corrected chi connectivity index (χ0v) is 20.9. The Morgan fingerprint density at radius 1 is 0.645 bits per heavy atom. The van der Waals surface area contributed by atoms with Crippen LogP contribution < -0.4 is 0 Å². The lowest BCUT2D eigenvalue weighted by molar-refractivity contribution is -0.111. The fourth-order valence-electron chi connectivity index (χ4n) is 1.27. The molecule has 0 atom stereocenters. The van der Waals surface area contributed by atoms with E-state index in [-0.39, 0.29) is 13.2 Å². The molecule has 0 fully saturated rings. The van der Waals surface area contributed by atoms with Crippen molar-refractivity contribution in [1.29, 1.82) is 0 Å². The van der Waals surface area contributed by atoms with Crippen molar-refractivity contribution in [2.75, 3.05) is 54.9 Å². The molecule has 0 radical (unpaired) electrons. The van der Waals surface area contributed by atoms with E-state index >= 15 is 0 Å². The summed E-state index contributed by atoms with van der Waals surface area (Å²) in [6, 6.07) is 0. The molecule has 0 aliphatic rings. The second-order valence-corrected chi connectivity index (χ2v) is 10.4. The zero-order chi connectivity index (χ0) is 24.9. The Morgan fingerprint density at radius 2 is 1.00 bits per heavy atom. The number of hydrogen-bond donors (Lipinski definition) is 0. The Labute approximate surface area is 181 Å². The number of alkyl halides is 4. The maximum absolute atomic E-state index is 13.1. The van der Waals surface area contributed by atoms with Gasteiger partial charge in [-0.05, 0) is 0 Å². The van der Waals surface area contributed by atoms with Crippen LogP contribution in [0.4, 0.5) is 17.6 Å². The molecule has 0 aromatic heterocycles. The van der Waals surface area contributed by atoms with Gasteiger partial charge in [0.05, 0.1) is 13.2 Å². The fraction of sp³-hybridized carbons (Fsp3) is 1.00. The van der Waals surface area contributed by atoms with E-state index in [1.54, 1.807) is 0 Å². The Bertz CT molecular complexity index is 561. The molecule has 0 heterocycles. The lowest BCUT2D eigenvalue weighted by Gasteiger charge is -2.22. The highest BCUT2D eigenvalue weighted by molar-refractivity contribution is 7.48. The van der Waals surface area contributed by atoms with Crippen LogP contribution in [0.1, 0.15) is 27.7 Å². The van der Waals surface area contributed by atoms with Gasteiger partial charge in [-0.2, -0.15) is 0 Å². The molecule has 0 spiro atoms. The van der Waals surface area contributed by atoms with Gasteiger partial charge in [0.25, 0.3) is 11.8 Å². The first-order valence-corrected chi connectivity index (χ1v) is 12.0. The molecule has 0 amide bonds. The van der Waals surface area contributed by atoms with E-state index in [0.29, 0.717) is 0 Å². The summed E-state index contributed by atoms with van der Waals surface area (Å²) in [6.45, 7) is 3.56. The first-order chi connectivity index (χ1) is 14.0. The highest BCUT2D eigenvalue weighted by Gasteiger charge is 2.37. The Hall–Kier alpha value is -0.100. The number of ether oxygens (including phenoxy) is 1. The van der Waals surface area contributed by atoms with Gasteiger partial charge in [0.1, 0.15) is 13.2 Å². The van der Waals surface area contributed by atoms with Gasteiger partial charge in [0.15, 0.2) is 0 Å². The van der Waals surface area contributed by atoms with Crippen LogP contribution in [0, 0.1) is 11.8 Å². The molecule has 31 heavy (non-hydrogen) atoms. The van der Waals surface area contributed by atoms with E-state index in [1.807, 2.05) is 0 Å². The van der Waals surface area contributed by atoms with Crippen LogP contribution in [0.2, 0.25) is 0 Å². The monoisotopic (exact) mass is 508 g/mol. The third kappa shape index (κ3) is 13.9. The summed E-state index contributed by atoms with van der Waals surface area (Å²) in [5, 5.41) is 0. The minimum atomic E-state index is -3.80. The molecule has 0 bridgehead atoms. The van der Waals surface area contributed by atoms with E-state index < -0.39 is 52.5 Å². The van der Waals surface area contributed by atoms with Crippen LogP contribution in [0.5, 0.6) is 0 Å². The molecular weight excluding hydrogens is 474 g/mol. The topological polar surface area (TPSA) is 98.8 Å². The molecule has 0 saturated heterocycles. The molecule has 9 nitrogen and oxygen atoms in total. The molecule has 0 aliphatic heterocycles. The minimum Gasteiger partial charge on any atom is -0.373 e. The van der Waals surface area contributed by atoms with Crippen molar-refractivity contribution in [3.8, 4) is 0 Å². The van der Waals surface area contributed by atoms with Gasteiger partial charge in [0.2, 0.25) is 0 Å². The van der Waals surface area contributed by atoms with Gasteiger partial charge in [-0.1, -0.05) is 27.7 Å². The van der Waals surface area contributed by atoms with Gasteiger partial charge in [-0.15, -0.1) is 0 Å². The van der Waals surface area contributed by atoms with Crippen molar-refractivity contribution in [3.63, 3.8) is 0 Å². The van der Waals surface area contributed by atoms with Crippen LogP contribution in [0.15, 0.2) is 0 Å². The number of rotatable bonds is 15. The zero-order valence-electron chi connectivity index (χ0n) is 19.1. The fourth-order valence-corrected chi connectivity index (χ4v) is 2.62. The number of phosphoric acid groups is 2. The average Bonchev–Trinajstić information content (AvgIpc) is 2.71. The molecule has 0 aromatic rings.